The van der Waals surface area contributed by atoms with Gasteiger partial charge in [0.1, 0.15) is 0 Å². The second-order valence-corrected chi connectivity index (χ2v) is 6.63. The SMILES string of the molecule is CC(C)(C)CC(O)Cc1ccc(Cl)s1. The molecule has 1 rings (SSSR count). The smallest absolute Gasteiger partial charge is 0.0931 e. The Kier molecular flexibility index (Phi) is 3.99. The topological polar surface area (TPSA) is 20.2 Å². The number of thiophene rings is 1. The third-order valence-electron chi connectivity index (χ3n) is 1.91. The average molecular weight is 233 g/mol. The normalized spacial score (nSPS) is 14.4. The van der Waals surface area contributed by atoms with Gasteiger partial charge in [-0.05, 0) is 24.0 Å². The molecular weight excluding hydrogens is 216 g/mol. The van der Waals surface area contributed by atoms with Crippen molar-refractivity contribution in [2.24, 2.45) is 5.41 Å². The van der Waals surface area contributed by atoms with Crippen molar-refractivity contribution in [3.8, 4) is 0 Å². The van der Waals surface area contributed by atoms with Gasteiger partial charge in [-0.15, -0.1) is 11.3 Å². The number of aliphatic hydroxyl groups excluding tert-OH is 1. The lowest BCUT2D eigenvalue weighted by Gasteiger charge is -2.21. The first-order chi connectivity index (χ1) is 6.37. The van der Waals surface area contributed by atoms with E-state index in [4.69, 9.17) is 11.6 Å². The van der Waals surface area contributed by atoms with Crippen molar-refractivity contribution in [3.63, 3.8) is 0 Å². The lowest BCUT2D eigenvalue weighted by Crippen LogP contribution is -2.19. The summed E-state index contributed by atoms with van der Waals surface area (Å²) in [4.78, 5) is 1.16. The molecule has 0 spiro atoms. The summed E-state index contributed by atoms with van der Waals surface area (Å²) in [6.07, 6.45) is 1.28. The maximum absolute atomic E-state index is 9.81. The molecule has 0 saturated heterocycles. The Balaban J connectivity index is 2.45. The monoisotopic (exact) mass is 232 g/mol. The predicted molar refractivity (Wildman–Crippen MR) is 63.1 cm³/mol. The van der Waals surface area contributed by atoms with E-state index in [2.05, 4.69) is 20.8 Å². The molecule has 0 saturated carbocycles. The highest BCUT2D eigenvalue weighted by atomic mass is 35.5. The Morgan fingerprint density at radius 3 is 2.50 bits per heavy atom. The number of aliphatic hydroxyl groups is 1. The lowest BCUT2D eigenvalue weighted by atomic mass is 9.88. The molecule has 1 N–H and O–H groups in total. The van der Waals surface area contributed by atoms with E-state index in [-0.39, 0.29) is 11.5 Å². The molecule has 0 bridgehead atoms. The van der Waals surface area contributed by atoms with Crippen LogP contribution in [0.2, 0.25) is 4.34 Å². The third-order valence-corrected chi connectivity index (χ3v) is 3.17. The minimum Gasteiger partial charge on any atom is -0.393 e. The molecule has 3 heteroatoms. The molecule has 80 valence electrons. The van der Waals surface area contributed by atoms with Crippen LogP contribution in [0.3, 0.4) is 0 Å². The van der Waals surface area contributed by atoms with Gasteiger partial charge < -0.3 is 5.11 Å². The van der Waals surface area contributed by atoms with Gasteiger partial charge in [0.15, 0.2) is 0 Å². The summed E-state index contributed by atoms with van der Waals surface area (Å²) in [5, 5.41) is 9.81. The maximum Gasteiger partial charge on any atom is 0.0931 e. The number of hydrogen-bond acceptors (Lipinski definition) is 2. The van der Waals surface area contributed by atoms with Crippen molar-refractivity contribution >= 4 is 22.9 Å². The largest absolute Gasteiger partial charge is 0.393 e. The minimum atomic E-state index is -0.260. The molecule has 0 aliphatic carbocycles. The summed E-state index contributed by atoms with van der Waals surface area (Å²) in [6.45, 7) is 6.41. The van der Waals surface area contributed by atoms with Gasteiger partial charge in [0.2, 0.25) is 0 Å². The van der Waals surface area contributed by atoms with Crippen molar-refractivity contribution in [3.05, 3.63) is 21.3 Å². The molecule has 0 aliphatic heterocycles. The van der Waals surface area contributed by atoms with Crippen LogP contribution in [0.1, 0.15) is 32.1 Å². The summed E-state index contributed by atoms with van der Waals surface area (Å²) in [7, 11) is 0. The van der Waals surface area contributed by atoms with Gasteiger partial charge in [-0.25, -0.2) is 0 Å². The number of halogens is 1. The molecule has 0 aliphatic rings. The van der Waals surface area contributed by atoms with E-state index in [1.54, 1.807) is 11.3 Å². The second kappa shape index (κ2) is 4.65. The van der Waals surface area contributed by atoms with E-state index in [0.29, 0.717) is 6.42 Å². The Morgan fingerprint density at radius 2 is 2.07 bits per heavy atom. The molecule has 1 atom stereocenters. The minimum absolute atomic E-state index is 0.181. The fourth-order valence-corrected chi connectivity index (χ4v) is 2.63. The summed E-state index contributed by atoms with van der Waals surface area (Å²) in [5.41, 5.74) is 0.181. The van der Waals surface area contributed by atoms with Crippen molar-refractivity contribution in [1.29, 1.82) is 0 Å². The van der Waals surface area contributed by atoms with Crippen molar-refractivity contribution < 1.29 is 5.11 Å². The Hall–Kier alpha value is -0.0500. The van der Waals surface area contributed by atoms with Gasteiger partial charge >= 0.3 is 0 Å². The highest BCUT2D eigenvalue weighted by Gasteiger charge is 2.17. The van der Waals surface area contributed by atoms with Crippen LogP contribution in [0.25, 0.3) is 0 Å². The Labute approximate surface area is 94.7 Å². The quantitative estimate of drug-likeness (QED) is 0.842. The number of rotatable bonds is 3. The summed E-state index contributed by atoms with van der Waals surface area (Å²) in [5.74, 6) is 0. The fourth-order valence-electron chi connectivity index (χ4n) is 1.47. The van der Waals surface area contributed by atoms with Crippen LogP contribution in [-0.4, -0.2) is 11.2 Å². The van der Waals surface area contributed by atoms with Crippen LogP contribution >= 0.6 is 22.9 Å². The van der Waals surface area contributed by atoms with E-state index in [1.807, 2.05) is 12.1 Å². The highest BCUT2D eigenvalue weighted by Crippen LogP contribution is 2.26. The van der Waals surface area contributed by atoms with E-state index >= 15 is 0 Å². The molecule has 1 unspecified atom stereocenters. The van der Waals surface area contributed by atoms with E-state index in [0.717, 1.165) is 15.6 Å². The Morgan fingerprint density at radius 1 is 1.43 bits per heavy atom. The van der Waals surface area contributed by atoms with Gasteiger partial charge in [-0.3, -0.25) is 0 Å². The summed E-state index contributed by atoms with van der Waals surface area (Å²) >= 11 is 7.36. The molecule has 1 aromatic heterocycles. The molecule has 1 nitrogen and oxygen atoms in total. The van der Waals surface area contributed by atoms with Gasteiger partial charge in [-0.2, -0.15) is 0 Å². The van der Waals surface area contributed by atoms with Crippen LogP contribution in [0.15, 0.2) is 12.1 Å². The standard InChI is InChI=1S/C11H17ClOS/c1-11(2,3)7-8(13)6-9-4-5-10(12)14-9/h4-5,8,13H,6-7H2,1-3H3. The van der Waals surface area contributed by atoms with Crippen molar-refractivity contribution in [2.75, 3.05) is 0 Å². The second-order valence-electron chi connectivity index (χ2n) is 4.83. The molecule has 1 heterocycles. The first kappa shape index (κ1) is 12.0. The van der Waals surface area contributed by atoms with E-state index in [9.17, 15) is 5.11 Å². The zero-order chi connectivity index (χ0) is 10.8. The summed E-state index contributed by atoms with van der Waals surface area (Å²) < 4.78 is 0.794. The molecule has 14 heavy (non-hydrogen) atoms. The highest BCUT2D eigenvalue weighted by molar-refractivity contribution is 7.16. The molecule has 0 radical (unpaired) electrons. The van der Waals surface area contributed by atoms with Crippen LogP contribution < -0.4 is 0 Å². The van der Waals surface area contributed by atoms with Crippen LogP contribution in [0.5, 0.6) is 0 Å². The third kappa shape index (κ3) is 4.45. The lowest BCUT2D eigenvalue weighted by molar-refractivity contribution is 0.122. The first-order valence-corrected chi connectivity index (χ1v) is 5.98. The van der Waals surface area contributed by atoms with E-state index in [1.165, 1.54) is 0 Å². The molecule has 0 amide bonds. The van der Waals surface area contributed by atoms with Gasteiger partial charge in [0.25, 0.3) is 0 Å². The van der Waals surface area contributed by atoms with Gasteiger partial charge in [-0.1, -0.05) is 32.4 Å². The molecular formula is C11H17ClOS. The number of hydrogen-bond donors (Lipinski definition) is 1. The van der Waals surface area contributed by atoms with Crippen molar-refractivity contribution in [1.82, 2.24) is 0 Å². The predicted octanol–water partition coefficient (Wildman–Crippen LogP) is 3.74. The van der Waals surface area contributed by atoms with Crippen LogP contribution in [0, 0.1) is 5.41 Å². The first-order valence-electron chi connectivity index (χ1n) is 4.79. The zero-order valence-corrected chi connectivity index (χ0v) is 10.5. The summed E-state index contributed by atoms with van der Waals surface area (Å²) in [6, 6.07) is 3.87. The zero-order valence-electron chi connectivity index (χ0n) is 8.88. The molecule has 0 aromatic carbocycles. The molecule has 0 fully saturated rings. The fraction of sp³-hybridized carbons (Fsp3) is 0.636. The van der Waals surface area contributed by atoms with Gasteiger partial charge in [0.05, 0.1) is 10.4 Å². The van der Waals surface area contributed by atoms with Crippen LogP contribution in [0.4, 0.5) is 0 Å². The average Bonchev–Trinajstić information content (AvgIpc) is 2.30. The maximum atomic E-state index is 9.81. The van der Waals surface area contributed by atoms with E-state index < -0.39 is 0 Å². The Bertz CT molecular complexity index is 288. The van der Waals surface area contributed by atoms with Crippen LogP contribution in [-0.2, 0) is 6.42 Å². The van der Waals surface area contributed by atoms with Crippen molar-refractivity contribution in [2.45, 2.75) is 39.7 Å². The molecule has 1 aromatic rings. The van der Waals surface area contributed by atoms with Gasteiger partial charge in [0, 0.05) is 11.3 Å².